The van der Waals surface area contributed by atoms with Crippen molar-refractivity contribution in [3.05, 3.63) is 22.6 Å². The molecule has 1 aromatic heterocycles. The second-order valence-corrected chi connectivity index (χ2v) is 6.09. The van der Waals surface area contributed by atoms with E-state index in [-0.39, 0.29) is 11.6 Å². The molecule has 0 saturated heterocycles. The number of pyridine rings is 1. The molecule has 1 aliphatic rings. The summed E-state index contributed by atoms with van der Waals surface area (Å²) < 4.78 is 19.9. The van der Waals surface area contributed by atoms with Gasteiger partial charge in [0.2, 0.25) is 0 Å². The van der Waals surface area contributed by atoms with Gasteiger partial charge in [0, 0.05) is 29.9 Å². The van der Waals surface area contributed by atoms with Crippen LogP contribution in [-0.4, -0.2) is 30.3 Å². The summed E-state index contributed by atoms with van der Waals surface area (Å²) in [5.41, 5.74) is 5.85. The van der Waals surface area contributed by atoms with E-state index < -0.39 is 0 Å². The molecule has 2 rings (SSSR count). The van der Waals surface area contributed by atoms with Crippen LogP contribution in [0.4, 0.5) is 10.2 Å². The molecule has 20 heavy (non-hydrogen) atoms. The van der Waals surface area contributed by atoms with Crippen molar-refractivity contribution in [2.24, 2.45) is 5.73 Å². The number of nitrogens with two attached hydrogens (primary N) is 1. The van der Waals surface area contributed by atoms with Gasteiger partial charge >= 0.3 is 0 Å². The molecule has 0 bridgehead atoms. The van der Waals surface area contributed by atoms with E-state index >= 15 is 0 Å². The van der Waals surface area contributed by atoms with Crippen LogP contribution < -0.4 is 11.1 Å². The van der Waals surface area contributed by atoms with Gasteiger partial charge in [-0.25, -0.2) is 9.37 Å². The summed E-state index contributed by atoms with van der Waals surface area (Å²) in [5.74, 6) is -0.0570. The Kier molecular flexibility index (Phi) is 6.19. The molecule has 3 N–H and O–H groups in total. The topological polar surface area (TPSA) is 60.2 Å². The first-order valence-corrected chi connectivity index (χ1v) is 7.86. The Balaban J connectivity index is 1.59. The van der Waals surface area contributed by atoms with Crippen LogP contribution in [0.2, 0.25) is 0 Å². The summed E-state index contributed by atoms with van der Waals surface area (Å²) in [5, 5.41) is 2.98. The Morgan fingerprint density at radius 2 is 2.15 bits per heavy atom. The highest BCUT2D eigenvalue weighted by Crippen LogP contribution is 2.20. The predicted molar refractivity (Wildman–Crippen MR) is 81.2 cm³/mol. The third-order valence-corrected chi connectivity index (χ3v) is 3.93. The van der Waals surface area contributed by atoms with Crippen molar-refractivity contribution >= 4 is 21.7 Å². The standard InChI is InChI=1S/C14H21BrFN3O/c15-10-8-13(16)14(19-9-10)18-6-1-7-20-12-4-2-11(17)3-5-12/h8-9,11-12H,1-7,17H2,(H,18,19). The molecular formula is C14H21BrFN3O. The van der Waals surface area contributed by atoms with Gasteiger partial charge in [0.25, 0.3) is 0 Å². The average molecular weight is 346 g/mol. The Hall–Kier alpha value is -0.720. The minimum atomic E-state index is -0.346. The smallest absolute Gasteiger partial charge is 0.166 e. The molecule has 0 unspecified atom stereocenters. The monoisotopic (exact) mass is 345 g/mol. The molecule has 1 aliphatic carbocycles. The van der Waals surface area contributed by atoms with Gasteiger partial charge in [-0.3, -0.25) is 0 Å². The molecule has 112 valence electrons. The maximum absolute atomic E-state index is 13.5. The van der Waals surface area contributed by atoms with Crippen LogP contribution in [0.3, 0.4) is 0 Å². The minimum absolute atomic E-state index is 0.289. The van der Waals surface area contributed by atoms with Gasteiger partial charge in [-0.05, 0) is 54.1 Å². The van der Waals surface area contributed by atoms with Crippen LogP contribution in [0.1, 0.15) is 32.1 Å². The molecule has 4 nitrogen and oxygen atoms in total. The first-order chi connectivity index (χ1) is 9.65. The Labute approximate surface area is 127 Å². The van der Waals surface area contributed by atoms with E-state index in [9.17, 15) is 4.39 Å². The van der Waals surface area contributed by atoms with Crippen molar-refractivity contribution in [1.82, 2.24) is 4.98 Å². The minimum Gasteiger partial charge on any atom is -0.378 e. The normalized spacial score (nSPS) is 22.8. The Morgan fingerprint density at radius 3 is 2.85 bits per heavy atom. The summed E-state index contributed by atoms with van der Waals surface area (Å²) in [6, 6.07) is 1.75. The molecule has 0 radical (unpaired) electrons. The quantitative estimate of drug-likeness (QED) is 0.778. The fourth-order valence-corrected chi connectivity index (χ4v) is 2.63. The van der Waals surface area contributed by atoms with Crippen LogP contribution in [0.25, 0.3) is 0 Å². The van der Waals surface area contributed by atoms with Crippen LogP contribution in [0.15, 0.2) is 16.7 Å². The van der Waals surface area contributed by atoms with Crippen LogP contribution in [0, 0.1) is 5.82 Å². The molecule has 0 spiro atoms. The fraction of sp³-hybridized carbons (Fsp3) is 0.643. The van der Waals surface area contributed by atoms with Crippen LogP contribution in [-0.2, 0) is 4.74 Å². The molecule has 0 aliphatic heterocycles. The maximum atomic E-state index is 13.5. The van der Waals surface area contributed by atoms with Crippen molar-refractivity contribution in [2.45, 2.75) is 44.2 Å². The molecular weight excluding hydrogens is 325 g/mol. The zero-order valence-electron chi connectivity index (χ0n) is 11.4. The molecule has 1 aromatic rings. The lowest BCUT2D eigenvalue weighted by Gasteiger charge is -2.26. The zero-order chi connectivity index (χ0) is 14.4. The van der Waals surface area contributed by atoms with Gasteiger partial charge in [-0.15, -0.1) is 0 Å². The summed E-state index contributed by atoms with van der Waals surface area (Å²) in [6.45, 7) is 1.34. The van der Waals surface area contributed by atoms with Crippen molar-refractivity contribution in [3.63, 3.8) is 0 Å². The second-order valence-electron chi connectivity index (χ2n) is 5.17. The summed E-state index contributed by atoms with van der Waals surface area (Å²) in [6.07, 6.45) is 6.97. The number of anilines is 1. The van der Waals surface area contributed by atoms with E-state index in [4.69, 9.17) is 10.5 Å². The first-order valence-electron chi connectivity index (χ1n) is 7.07. The number of nitrogens with zero attached hydrogens (tertiary/aromatic N) is 1. The van der Waals surface area contributed by atoms with E-state index in [2.05, 4.69) is 26.2 Å². The number of rotatable bonds is 6. The number of aromatic nitrogens is 1. The van der Waals surface area contributed by atoms with Crippen molar-refractivity contribution in [1.29, 1.82) is 0 Å². The lowest BCUT2D eigenvalue weighted by atomic mass is 9.94. The summed E-state index contributed by atoms with van der Waals surface area (Å²) in [4.78, 5) is 3.99. The highest BCUT2D eigenvalue weighted by atomic mass is 79.9. The van der Waals surface area contributed by atoms with Gasteiger partial charge in [0.15, 0.2) is 11.6 Å². The third kappa shape index (κ3) is 5.00. The van der Waals surface area contributed by atoms with E-state index in [0.29, 0.717) is 29.8 Å². The maximum Gasteiger partial charge on any atom is 0.166 e. The largest absolute Gasteiger partial charge is 0.378 e. The number of ether oxygens (including phenoxy) is 1. The molecule has 0 aromatic carbocycles. The van der Waals surface area contributed by atoms with Gasteiger partial charge in [-0.1, -0.05) is 0 Å². The van der Waals surface area contributed by atoms with Gasteiger partial charge in [0.05, 0.1) is 6.10 Å². The van der Waals surface area contributed by atoms with Crippen molar-refractivity contribution in [2.75, 3.05) is 18.5 Å². The lowest BCUT2D eigenvalue weighted by Crippen LogP contribution is -2.30. The molecule has 1 saturated carbocycles. The highest BCUT2D eigenvalue weighted by Gasteiger charge is 2.18. The Morgan fingerprint density at radius 1 is 1.40 bits per heavy atom. The second kappa shape index (κ2) is 7.90. The Bertz CT molecular complexity index is 425. The van der Waals surface area contributed by atoms with Crippen LogP contribution >= 0.6 is 15.9 Å². The summed E-state index contributed by atoms with van der Waals surface area (Å²) in [7, 11) is 0. The molecule has 1 fully saturated rings. The van der Waals surface area contributed by atoms with Gasteiger partial charge < -0.3 is 15.8 Å². The molecule has 6 heteroatoms. The van der Waals surface area contributed by atoms with Crippen molar-refractivity contribution in [3.8, 4) is 0 Å². The van der Waals surface area contributed by atoms with Crippen LogP contribution in [0.5, 0.6) is 0 Å². The number of hydrogen-bond donors (Lipinski definition) is 2. The number of hydrogen-bond acceptors (Lipinski definition) is 4. The van der Waals surface area contributed by atoms with Crippen molar-refractivity contribution < 1.29 is 9.13 Å². The molecule has 1 heterocycles. The average Bonchev–Trinajstić information content (AvgIpc) is 2.42. The highest BCUT2D eigenvalue weighted by molar-refractivity contribution is 9.10. The fourth-order valence-electron chi connectivity index (χ4n) is 2.33. The van der Waals surface area contributed by atoms with Gasteiger partial charge in [-0.2, -0.15) is 0 Å². The number of nitrogens with one attached hydrogen (secondary N) is 1. The molecule has 0 amide bonds. The van der Waals surface area contributed by atoms with E-state index in [1.807, 2.05) is 0 Å². The SMILES string of the molecule is NC1CCC(OCCCNc2ncc(Br)cc2F)CC1. The van der Waals surface area contributed by atoms with E-state index in [1.54, 1.807) is 6.20 Å². The van der Waals surface area contributed by atoms with Gasteiger partial charge in [0.1, 0.15) is 0 Å². The lowest BCUT2D eigenvalue weighted by molar-refractivity contribution is 0.0251. The summed E-state index contributed by atoms with van der Waals surface area (Å²) >= 11 is 3.18. The van der Waals surface area contributed by atoms with E-state index in [0.717, 1.165) is 32.1 Å². The zero-order valence-corrected chi connectivity index (χ0v) is 13.0. The van der Waals surface area contributed by atoms with E-state index in [1.165, 1.54) is 6.07 Å². The number of halogens is 2. The molecule has 0 atom stereocenters. The third-order valence-electron chi connectivity index (χ3n) is 3.49. The predicted octanol–water partition coefficient (Wildman–Crippen LogP) is 3.07. The first kappa shape index (κ1) is 15.7.